The van der Waals surface area contributed by atoms with E-state index < -0.39 is 23.7 Å². The highest BCUT2D eigenvalue weighted by molar-refractivity contribution is 6.04. The molecule has 4 rings (SSSR count). The molecule has 0 saturated heterocycles. The van der Waals surface area contributed by atoms with Gasteiger partial charge in [-0.25, -0.2) is 0 Å². The van der Waals surface area contributed by atoms with Gasteiger partial charge >= 0.3 is 6.18 Å². The molecule has 2 aliphatic rings. The molecule has 2 aromatic rings. The summed E-state index contributed by atoms with van der Waals surface area (Å²) in [5, 5.41) is 16.3. The predicted molar refractivity (Wildman–Crippen MR) is 137 cm³/mol. The lowest BCUT2D eigenvalue weighted by Crippen LogP contribution is -2.50. The van der Waals surface area contributed by atoms with E-state index in [1.54, 1.807) is 19.9 Å². The summed E-state index contributed by atoms with van der Waals surface area (Å²) in [5.41, 5.74) is 3.18. The Hall–Kier alpha value is -3.33. The monoisotopic (exact) mass is 530 g/mol. The summed E-state index contributed by atoms with van der Waals surface area (Å²) >= 11 is 0. The fourth-order valence-corrected chi connectivity index (χ4v) is 5.23. The van der Waals surface area contributed by atoms with Crippen LogP contribution in [-0.2, 0) is 27.1 Å². The number of fused-ring (bicyclic) bond motifs is 2. The van der Waals surface area contributed by atoms with Crippen LogP contribution in [0.5, 0.6) is 5.75 Å². The van der Waals surface area contributed by atoms with Gasteiger partial charge in [-0.1, -0.05) is 30.3 Å². The van der Waals surface area contributed by atoms with Crippen LogP contribution < -0.4 is 15.4 Å². The minimum Gasteiger partial charge on any atom is -0.494 e. The zero-order valence-corrected chi connectivity index (χ0v) is 21.8. The van der Waals surface area contributed by atoms with Crippen LogP contribution in [0.4, 0.5) is 13.2 Å². The zero-order valence-electron chi connectivity index (χ0n) is 21.8. The Kier molecular flexibility index (Phi) is 7.61. The molecule has 1 heterocycles. The van der Waals surface area contributed by atoms with Crippen molar-refractivity contribution >= 4 is 17.4 Å². The SMILES string of the molecule is CC(=O)NCC1=C(c2ccc(C(C)(C)O)cc2)C[C@]2(CCc3cc(OCCCC(F)(F)F)ccc32)NC1=O. The lowest BCUT2D eigenvalue weighted by atomic mass is 9.77. The summed E-state index contributed by atoms with van der Waals surface area (Å²) in [6, 6.07) is 12.9. The third-order valence-corrected chi connectivity index (χ3v) is 7.21. The number of nitrogens with one attached hydrogen (secondary N) is 2. The Morgan fingerprint density at radius 2 is 1.87 bits per heavy atom. The molecule has 1 atom stereocenters. The highest BCUT2D eigenvalue weighted by Gasteiger charge is 2.45. The maximum Gasteiger partial charge on any atom is 0.389 e. The molecule has 9 heteroatoms. The van der Waals surface area contributed by atoms with Crippen molar-refractivity contribution in [2.45, 2.75) is 70.2 Å². The smallest absolute Gasteiger partial charge is 0.389 e. The van der Waals surface area contributed by atoms with E-state index in [1.807, 2.05) is 36.4 Å². The lowest BCUT2D eigenvalue weighted by molar-refractivity contribution is -0.136. The minimum atomic E-state index is -4.20. The number of hydrogen-bond acceptors (Lipinski definition) is 4. The van der Waals surface area contributed by atoms with Crippen molar-refractivity contribution < 1.29 is 32.6 Å². The Bertz CT molecular complexity index is 1250. The first-order valence-corrected chi connectivity index (χ1v) is 12.7. The van der Waals surface area contributed by atoms with E-state index in [4.69, 9.17) is 4.74 Å². The molecule has 3 N–H and O–H groups in total. The van der Waals surface area contributed by atoms with E-state index >= 15 is 0 Å². The molecule has 1 aliphatic heterocycles. The number of ether oxygens (including phenoxy) is 1. The molecule has 0 unspecified atom stereocenters. The predicted octanol–water partition coefficient (Wildman–Crippen LogP) is 4.89. The molecule has 2 amide bonds. The van der Waals surface area contributed by atoms with Gasteiger partial charge in [-0.05, 0) is 73.1 Å². The van der Waals surface area contributed by atoms with Crippen LogP contribution >= 0.6 is 0 Å². The van der Waals surface area contributed by atoms with Gasteiger partial charge in [-0.3, -0.25) is 9.59 Å². The first kappa shape index (κ1) is 27.7. The molecule has 38 heavy (non-hydrogen) atoms. The standard InChI is InChI=1S/C29H33F3N2O4/c1-18(35)33-17-24-23(19-5-7-21(8-6-19)27(2,3)37)16-28(34-26(24)36)13-11-20-15-22(9-10-25(20)28)38-14-4-12-29(30,31)32/h5-10,15,37H,4,11-14,16-17H2,1-3H3,(H,33,35)(H,34,36)/t28-/m0/s1. The third-order valence-electron chi connectivity index (χ3n) is 7.21. The third kappa shape index (κ3) is 6.20. The Morgan fingerprint density at radius 1 is 1.16 bits per heavy atom. The van der Waals surface area contributed by atoms with Crippen LogP contribution in [0.3, 0.4) is 0 Å². The van der Waals surface area contributed by atoms with Gasteiger partial charge in [0.1, 0.15) is 5.75 Å². The number of alkyl halides is 3. The zero-order chi connectivity index (χ0) is 27.7. The highest BCUT2D eigenvalue weighted by Crippen LogP contribution is 2.47. The number of rotatable bonds is 8. The summed E-state index contributed by atoms with van der Waals surface area (Å²) in [5.74, 6) is 0.0117. The summed E-state index contributed by atoms with van der Waals surface area (Å²) in [6.45, 7) is 4.88. The molecular formula is C29H33F3N2O4. The molecule has 2 aromatic carbocycles. The van der Waals surface area contributed by atoms with E-state index in [-0.39, 0.29) is 31.4 Å². The molecule has 204 valence electrons. The molecule has 0 fully saturated rings. The van der Waals surface area contributed by atoms with Crippen molar-refractivity contribution in [3.63, 3.8) is 0 Å². The molecular weight excluding hydrogens is 497 g/mol. The number of aryl methyl sites for hydroxylation is 1. The number of benzene rings is 2. The van der Waals surface area contributed by atoms with Crippen molar-refractivity contribution in [1.29, 1.82) is 0 Å². The summed E-state index contributed by atoms with van der Waals surface area (Å²) in [7, 11) is 0. The molecule has 1 aliphatic carbocycles. The fraction of sp³-hybridized carbons (Fsp3) is 0.448. The number of carbonyl (C=O) groups excluding carboxylic acids is 2. The van der Waals surface area contributed by atoms with Crippen molar-refractivity contribution in [3.8, 4) is 5.75 Å². The van der Waals surface area contributed by atoms with E-state index in [0.717, 1.165) is 27.8 Å². The first-order chi connectivity index (χ1) is 17.8. The second-order valence-corrected chi connectivity index (χ2v) is 10.6. The maximum atomic E-state index is 13.4. The number of aliphatic hydroxyl groups is 1. The van der Waals surface area contributed by atoms with Gasteiger partial charge < -0.3 is 20.5 Å². The quantitative estimate of drug-likeness (QED) is 0.425. The van der Waals surface area contributed by atoms with Crippen LogP contribution in [0, 0.1) is 0 Å². The molecule has 0 bridgehead atoms. The molecule has 6 nitrogen and oxygen atoms in total. The van der Waals surface area contributed by atoms with Crippen LogP contribution in [0.2, 0.25) is 0 Å². The van der Waals surface area contributed by atoms with Gasteiger partial charge in [-0.2, -0.15) is 13.2 Å². The second kappa shape index (κ2) is 10.4. The Balaban J connectivity index is 1.62. The second-order valence-electron chi connectivity index (χ2n) is 10.6. The topological polar surface area (TPSA) is 87.7 Å². The Labute approximate surface area is 220 Å². The number of hydrogen-bond donors (Lipinski definition) is 3. The minimum absolute atomic E-state index is 0.0276. The number of carbonyl (C=O) groups is 2. The normalized spacial score (nSPS) is 19.4. The van der Waals surface area contributed by atoms with Gasteiger partial charge in [0.25, 0.3) is 0 Å². The van der Waals surface area contributed by atoms with Gasteiger partial charge in [0.05, 0.1) is 17.7 Å². The first-order valence-electron chi connectivity index (χ1n) is 12.7. The highest BCUT2D eigenvalue weighted by atomic mass is 19.4. The maximum absolute atomic E-state index is 13.4. The lowest BCUT2D eigenvalue weighted by Gasteiger charge is -2.38. The molecule has 0 radical (unpaired) electrons. The van der Waals surface area contributed by atoms with E-state index in [0.29, 0.717) is 30.6 Å². The van der Waals surface area contributed by atoms with Crippen molar-refractivity contribution in [2.75, 3.05) is 13.2 Å². The summed E-state index contributed by atoms with van der Waals surface area (Å²) in [4.78, 5) is 25.1. The average Bonchev–Trinajstić information content (AvgIpc) is 3.16. The van der Waals surface area contributed by atoms with Crippen molar-refractivity contribution in [2.24, 2.45) is 0 Å². The summed E-state index contributed by atoms with van der Waals surface area (Å²) < 4.78 is 42.8. The van der Waals surface area contributed by atoms with Crippen LogP contribution in [-0.4, -0.2) is 36.2 Å². The van der Waals surface area contributed by atoms with Crippen molar-refractivity contribution in [1.82, 2.24) is 10.6 Å². The van der Waals surface area contributed by atoms with Gasteiger partial charge in [0.15, 0.2) is 0 Å². The molecule has 1 spiro atoms. The summed E-state index contributed by atoms with van der Waals surface area (Å²) in [6.07, 6.45) is -3.36. The number of amides is 2. The number of halogens is 3. The van der Waals surface area contributed by atoms with Gasteiger partial charge in [-0.15, -0.1) is 0 Å². The fourth-order valence-electron chi connectivity index (χ4n) is 5.23. The van der Waals surface area contributed by atoms with Gasteiger partial charge in [0.2, 0.25) is 11.8 Å². The van der Waals surface area contributed by atoms with Crippen LogP contribution in [0.1, 0.15) is 68.7 Å². The Morgan fingerprint density at radius 3 is 2.50 bits per heavy atom. The van der Waals surface area contributed by atoms with Gasteiger partial charge in [0, 0.05) is 31.9 Å². The van der Waals surface area contributed by atoms with Crippen LogP contribution in [0.15, 0.2) is 48.0 Å². The van der Waals surface area contributed by atoms with E-state index in [9.17, 15) is 27.9 Å². The van der Waals surface area contributed by atoms with Crippen LogP contribution in [0.25, 0.3) is 5.57 Å². The molecule has 0 aromatic heterocycles. The molecule has 0 saturated carbocycles. The van der Waals surface area contributed by atoms with Crippen molar-refractivity contribution in [3.05, 3.63) is 70.3 Å². The van der Waals surface area contributed by atoms with E-state index in [1.165, 1.54) is 6.92 Å². The van der Waals surface area contributed by atoms with E-state index in [2.05, 4.69) is 10.6 Å². The largest absolute Gasteiger partial charge is 0.494 e. The average molecular weight is 531 g/mol.